The van der Waals surface area contributed by atoms with Crippen LogP contribution in [-0.4, -0.2) is 30.3 Å². The van der Waals surface area contributed by atoms with E-state index in [9.17, 15) is 9.90 Å². The molecule has 0 unspecified atom stereocenters. The molecule has 0 radical (unpaired) electrons. The molecule has 0 fully saturated rings. The minimum atomic E-state index is -0.886. The van der Waals surface area contributed by atoms with Crippen molar-refractivity contribution in [1.82, 2.24) is 5.32 Å². The highest BCUT2D eigenvalue weighted by molar-refractivity contribution is 5.75. The molecule has 1 atom stereocenters. The van der Waals surface area contributed by atoms with Gasteiger partial charge in [0.1, 0.15) is 5.60 Å². The van der Waals surface area contributed by atoms with E-state index in [1.165, 1.54) is 83.5 Å². The number of hydrogen-bond acceptors (Lipinski definition) is 3. The van der Waals surface area contributed by atoms with E-state index in [2.05, 4.69) is 48.6 Å². The van der Waals surface area contributed by atoms with Crippen LogP contribution < -0.4 is 5.32 Å². The molecule has 2 N–H and O–H groups in total. The van der Waals surface area contributed by atoms with Gasteiger partial charge in [-0.05, 0) is 23.1 Å². The lowest BCUT2D eigenvalue weighted by Crippen LogP contribution is -2.39. The Morgan fingerprint density at radius 3 is 1.36 bits per heavy atom. The summed E-state index contributed by atoms with van der Waals surface area (Å²) in [4.78, 5) is 12.5. The van der Waals surface area contributed by atoms with Crippen LogP contribution in [0.5, 0.6) is 0 Å². The molecule has 0 saturated carbocycles. The van der Waals surface area contributed by atoms with Crippen molar-refractivity contribution < 1.29 is 14.6 Å². The van der Waals surface area contributed by atoms with E-state index in [1.54, 1.807) is 0 Å². The average Bonchev–Trinajstić information content (AvgIpc) is 3.07. The molecular formula is C40H57NO3. The third kappa shape index (κ3) is 12.6. The van der Waals surface area contributed by atoms with Crippen molar-refractivity contribution >= 4 is 5.91 Å². The molecule has 0 aromatic heterocycles. The molecule has 44 heavy (non-hydrogen) atoms. The lowest BCUT2D eigenvalue weighted by Gasteiger charge is -2.36. The van der Waals surface area contributed by atoms with Gasteiger partial charge in [-0.15, -0.1) is 0 Å². The molecule has 0 heterocycles. The van der Waals surface area contributed by atoms with Gasteiger partial charge in [-0.2, -0.15) is 0 Å². The molecule has 3 rings (SSSR count). The van der Waals surface area contributed by atoms with E-state index in [0.717, 1.165) is 29.5 Å². The minimum Gasteiger partial charge on any atom is -0.389 e. The maximum atomic E-state index is 12.5. The van der Waals surface area contributed by atoms with E-state index in [-0.39, 0.29) is 19.1 Å². The number of benzene rings is 3. The second-order valence-corrected chi connectivity index (χ2v) is 12.2. The molecule has 3 aromatic carbocycles. The first-order valence-electron chi connectivity index (χ1n) is 17.4. The molecule has 0 aliphatic carbocycles. The van der Waals surface area contributed by atoms with Crippen LogP contribution in [0.3, 0.4) is 0 Å². The van der Waals surface area contributed by atoms with Crippen LogP contribution >= 0.6 is 0 Å². The third-order valence-corrected chi connectivity index (χ3v) is 8.58. The summed E-state index contributed by atoms with van der Waals surface area (Å²) < 4.78 is 6.67. The Morgan fingerprint density at radius 2 is 0.977 bits per heavy atom. The molecule has 240 valence electrons. The van der Waals surface area contributed by atoms with E-state index in [0.29, 0.717) is 6.42 Å². The predicted octanol–water partition coefficient (Wildman–Crippen LogP) is 9.73. The van der Waals surface area contributed by atoms with Crippen LogP contribution in [0.1, 0.15) is 126 Å². The molecule has 0 bridgehead atoms. The number of ether oxygens (including phenoxy) is 1. The summed E-state index contributed by atoms with van der Waals surface area (Å²) in [5.74, 6) is -0.000754. The van der Waals surface area contributed by atoms with Gasteiger partial charge in [0.15, 0.2) is 0 Å². The monoisotopic (exact) mass is 599 g/mol. The number of nitrogens with one attached hydrogen (secondary N) is 1. The van der Waals surface area contributed by atoms with Crippen molar-refractivity contribution in [1.29, 1.82) is 0 Å². The zero-order valence-corrected chi connectivity index (χ0v) is 27.2. The normalized spacial score (nSPS) is 12.2. The molecule has 0 spiro atoms. The number of unbranched alkanes of at least 4 members (excludes halogenated alkanes) is 14. The second-order valence-electron chi connectivity index (χ2n) is 12.2. The average molecular weight is 600 g/mol. The van der Waals surface area contributed by atoms with Crippen LogP contribution in [0.4, 0.5) is 0 Å². The summed E-state index contributed by atoms with van der Waals surface area (Å²) in [5.41, 5.74) is 2.08. The van der Waals surface area contributed by atoms with Crippen LogP contribution in [0.25, 0.3) is 0 Å². The van der Waals surface area contributed by atoms with E-state index >= 15 is 0 Å². The van der Waals surface area contributed by atoms with Gasteiger partial charge in [0.2, 0.25) is 5.91 Å². The zero-order chi connectivity index (χ0) is 31.1. The summed E-state index contributed by atoms with van der Waals surface area (Å²) in [6, 6.07) is 30.4. The number of aliphatic hydroxyl groups excluding tert-OH is 1. The summed E-state index contributed by atoms with van der Waals surface area (Å²) in [6.45, 7) is 2.53. The maximum Gasteiger partial charge on any atom is 0.220 e. The van der Waals surface area contributed by atoms with Gasteiger partial charge in [-0.25, -0.2) is 0 Å². The number of rotatable bonds is 24. The predicted molar refractivity (Wildman–Crippen MR) is 184 cm³/mol. The fraction of sp³-hybridized carbons (Fsp3) is 0.525. The number of carbonyl (C=O) groups is 1. The molecule has 1 amide bonds. The van der Waals surface area contributed by atoms with E-state index in [4.69, 9.17) is 4.74 Å². The lowest BCUT2D eigenvalue weighted by atomic mass is 9.80. The van der Waals surface area contributed by atoms with Gasteiger partial charge in [0.25, 0.3) is 0 Å². The van der Waals surface area contributed by atoms with Crippen molar-refractivity contribution in [3.05, 3.63) is 108 Å². The van der Waals surface area contributed by atoms with Gasteiger partial charge >= 0.3 is 0 Å². The highest BCUT2D eigenvalue weighted by Gasteiger charge is 2.38. The smallest absolute Gasteiger partial charge is 0.220 e. The molecule has 0 aliphatic rings. The van der Waals surface area contributed by atoms with Crippen molar-refractivity contribution in [2.24, 2.45) is 0 Å². The van der Waals surface area contributed by atoms with Crippen LogP contribution in [0.15, 0.2) is 91.0 Å². The Morgan fingerprint density at radius 1 is 0.614 bits per heavy atom. The number of hydrogen-bond donors (Lipinski definition) is 2. The lowest BCUT2D eigenvalue weighted by molar-refractivity contribution is -0.122. The van der Waals surface area contributed by atoms with Crippen LogP contribution in [-0.2, 0) is 15.1 Å². The molecule has 0 saturated heterocycles. The first kappa shape index (κ1) is 35.5. The topological polar surface area (TPSA) is 58.6 Å². The summed E-state index contributed by atoms with van der Waals surface area (Å²) in [6.07, 6.45) is 19.3. The Labute approximate surface area is 267 Å². The molecular weight excluding hydrogens is 542 g/mol. The summed E-state index contributed by atoms with van der Waals surface area (Å²) >= 11 is 0. The highest BCUT2D eigenvalue weighted by atomic mass is 16.5. The van der Waals surface area contributed by atoms with Crippen LogP contribution in [0, 0.1) is 0 Å². The fourth-order valence-electron chi connectivity index (χ4n) is 6.03. The Kier molecular flexibility index (Phi) is 17.5. The van der Waals surface area contributed by atoms with E-state index in [1.807, 2.05) is 54.6 Å². The molecule has 0 aliphatic heterocycles. The second kappa shape index (κ2) is 21.7. The Bertz CT molecular complexity index is 1020. The zero-order valence-electron chi connectivity index (χ0n) is 27.2. The summed E-state index contributed by atoms with van der Waals surface area (Å²) in [5, 5.41) is 13.8. The Hall–Kier alpha value is -2.95. The number of amides is 1. The standard InChI is InChI=1S/C40H57NO3/c1-2-3-4-5-6-7-8-9-10-11-12-13-14-15-25-32-39(43)41-33-38(42)34-44-40(35-26-19-16-20-27-35,36-28-21-17-22-29-36)37-30-23-18-24-31-37/h16-24,26-31,38,42H,2-15,25,32-34H2,1H3,(H,41,43)/t38-/m1/s1. The fourth-order valence-corrected chi connectivity index (χ4v) is 6.03. The molecule has 4 nitrogen and oxygen atoms in total. The van der Waals surface area contributed by atoms with Crippen molar-refractivity contribution in [3.63, 3.8) is 0 Å². The summed E-state index contributed by atoms with van der Waals surface area (Å²) in [7, 11) is 0. The largest absolute Gasteiger partial charge is 0.389 e. The molecule has 3 aromatic rings. The number of carbonyl (C=O) groups excluding carboxylic acids is 1. The van der Waals surface area contributed by atoms with Gasteiger partial charge in [0.05, 0.1) is 12.7 Å². The third-order valence-electron chi connectivity index (χ3n) is 8.58. The Balaban J connectivity index is 1.34. The van der Waals surface area contributed by atoms with Crippen LogP contribution in [0.2, 0.25) is 0 Å². The molecule has 4 heteroatoms. The van der Waals surface area contributed by atoms with Crippen molar-refractivity contribution in [2.45, 2.75) is 121 Å². The van der Waals surface area contributed by atoms with Gasteiger partial charge < -0.3 is 15.2 Å². The SMILES string of the molecule is CCCCCCCCCCCCCCCCCC(=O)NC[C@@H](O)COC(c1ccccc1)(c1ccccc1)c1ccccc1. The first-order chi connectivity index (χ1) is 21.7. The number of aliphatic hydroxyl groups is 1. The highest BCUT2D eigenvalue weighted by Crippen LogP contribution is 2.40. The quantitative estimate of drug-likeness (QED) is 0.0796. The maximum absolute atomic E-state index is 12.5. The van der Waals surface area contributed by atoms with Gasteiger partial charge in [-0.1, -0.05) is 188 Å². The van der Waals surface area contributed by atoms with Gasteiger partial charge in [0, 0.05) is 13.0 Å². The van der Waals surface area contributed by atoms with Gasteiger partial charge in [-0.3, -0.25) is 4.79 Å². The van der Waals surface area contributed by atoms with E-state index < -0.39 is 11.7 Å². The minimum absolute atomic E-state index is 0.000754. The first-order valence-corrected chi connectivity index (χ1v) is 17.4. The van der Waals surface area contributed by atoms with Crippen molar-refractivity contribution in [2.75, 3.05) is 13.2 Å². The van der Waals surface area contributed by atoms with Crippen molar-refractivity contribution in [3.8, 4) is 0 Å².